The molecule has 0 heterocycles. The summed E-state index contributed by atoms with van der Waals surface area (Å²) < 4.78 is 0. The lowest BCUT2D eigenvalue weighted by atomic mass is 9.99. The van der Waals surface area contributed by atoms with Crippen molar-refractivity contribution in [1.82, 2.24) is 0 Å². The standard InChI is InChI=1S/C19H21NO2S/c1-13-7-8-14(2)17(11-13)18(21)9-10-19(22)20-15-5-4-6-16(12-15)23-3/h4-8,11-12H,9-10H2,1-3H3,(H,20,22). The number of carbonyl (C=O) groups is 2. The Labute approximate surface area is 141 Å². The molecular formula is C19H21NO2S. The van der Waals surface area contributed by atoms with Crippen molar-refractivity contribution in [2.24, 2.45) is 0 Å². The number of carbonyl (C=O) groups excluding carboxylic acids is 2. The molecule has 2 rings (SSSR count). The number of ketones is 1. The van der Waals surface area contributed by atoms with Gasteiger partial charge in [0, 0.05) is 29.0 Å². The van der Waals surface area contributed by atoms with E-state index in [-0.39, 0.29) is 24.5 Å². The number of hydrogen-bond acceptors (Lipinski definition) is 3. The Balaban J connectivity index is 1.93. The molecule has 0 bridgehead atoms. The number of rotatable bonds is 6. The molecule has 1 amide bonds. The van der Waals surface area contributed by atoms with E-state index >= 15 is 0 Å². The Morgan fingerprint density at radius 3 is 2.57 bits per heavy atom. The van der Waals surface area contributed by atoms with Gasteiger partial charge < -0.3 is 5.32 Å². The molecule has 23 heavy (non-hydrogen) atoms. The van der Waals surface area contributed by atoms with Gasteiger partial charge in [-0.15, -0.1) is 11.8 Å². The fourth-order valence-electron chi connectivity index (χ4n) is 2.32. The second-order valence-electron chi connectivity index (χ2n) is 5.52. The van der Waals surface area contributed by atoms with Crippen LogP contribution in [0.1, 0.15) is 34.3 Å². The number of Topliss-reactive ketones (excluding diaryl/α,β-unsaturated/α-hetero) is 1. The van der Waals surface area contributed by atoms with Crippen LogP contribution in [0.3, 0.4) is 0 Å². The van der Waals surface area contributed by atoms with Gasteiger partial charge in [0.25, 0.3) is 0 Å². The Hall–Kier alpha value is -2.07. The van der Waals surface area contributed by atoms with Crippen LogP contribution in [-0.2, 0) is 4.79 Å². The third kappa shape index (κ3) is 4.96. The van der Waals surface area contributed by atoms with E-state index in [0.717, 1.165) is 21.7 Å². The molecule has 0 fully saturated rings. The van der Waals surface area contributed by atoms with Gasteiger partial charge in [-0.2, -0.15) is 0 Å². The van der Waals surface area contributed by atoms with Crippen LogP contribution in [0.5, 0.6) is 0 Å². The van der Waals surface area contributed by atoms with Gasteiger partial charge in [-0.05, 0) is 49.9 Å². The predicted molar refractivity (Wildman–Crippen MR) is 96.3 cm³/mol. The third-order valence-corrected chi connectivity index (χ3v) is 4.35. The molecule has 0 atom stereocenters. The van der Waals surface area contributed by atoms with Crippen LogP contribution in [0.25, 0.3) is 0 Å². The van der Waals surface area contributed by atoms with Crippen LogP contribution < -0.4 is 5.32 Å². The Bertz CT molecular complexity index is 725. The first-order chi connectivity index (χ1) is 11.0. The zero-order valence-corrected chi connectivity index (χ0v) is 14.5. The first kappa shape index (κ1) is 17.3. The highest BCUT2D eigenvalue weighted by Crippen LogP contribution is 2.19. The van der Waals surface area contributed by atoms with Crippen LogP contribution >= 0.6 is 11.8 Å². The summed E-state index contributed by atoms with van der Waals surface area (Å²) in [6.07, 6.45) is 2.40. The Kier molecular flexibility index (Phi) is 5.99. The van der Waals surface area contributed by atoms with Crippen molar-refractivity contribution in [3.8, 4) is 0 Å². The average molecular weight is 327 g/mol. The second kappa shape index (κ2) is 7.97. The van der Waals surface area contributed by atoms with Crippen molar-refractivity contribution in [3.05, 3.63) is 59.2 Å². The van der Waals surface area contributed by atoms with E-state index in [9.17, 15) is 9.59 Å². The Morgan fingerprint density at radius 2 is 1.83 bits per heavy atom. The van der Waals surface area contributed by atoms with Crippen molar-refractivity contribution in [2.45, 2.75) is 31.6 Å². The van der Waals surface area contributed by atoms with Crippen molar-refractivity contribution < 1.29 is 9.59 Å². The summed E-state index contributed by atoms with van der Waals surface area (Å²) in [5.41, 5.74) is 3.48. The van der Waals surface area contributed by atoms with Gasteiger partial charge in [0.15, 0.2) is 5.78 Å². The molecular weight excluding hydrogens is 306 g/mol. The summed E-state index contributed by atoms with van der Waals surface area (Å²) in [5.74, 6) is -0.124. The number of thioether (sulfide) groups is 1. The van der Waals surface area contributed by atoms with Crippen molar-refractivity contribution in [1.29, 1.82) is 0 Å². The molecule has 3 nitrogen and oxygen atoms in total. The minimum atomic E-state index is -0.137. The zero-order chi connectivity index (χ0) is 16.8. The summed E-state index contributed by atoms with van der Waals surface area (Å²) in [6, 6.07) is 13.5. The molecule has 0 saturated heterocycles. The lowest BCUT2D eigenvalue weighted by molar-refractivity contribution is -0.116. The number of benzene rings is 2. The predicted octanol–water partition coefficient (Wildman–Crippen LogP) is 4.63. The molecule has 0 aliphatic carbocycles. The average Bonchev–Trinajstić information content (AvgIpc) is 2.55. The smallest absolute Gasteiger partial charge is 0.224 e. The molecule has 0 spiro atoms. The van der Waals surface area contributed by atoms with Crippen LogP contribution in [-0.4, -0.2) is 17.9 Å². The summed E-state index contributed by atoms with van der Waals surface area (Å²) >= 11 is 1.62. The normalized spacial score (nSPS) is 10.4. The van der Waals surface area contributed by atoms with Crippen LogP contribution in [0.2, 0.25) is 0 Å². The van der Waals surface area contributed by atoms with E-state index in [0.29, 0.717) is 5.56 Å². The quantitative estimate of drug-likeness (QED) is 0.621. The van der Waals surface area contributed by atoms with Gasteiger partial charge >= 0.3 is 0 Å². The highest BCUT2D eigenvalue weighted by molar-refractivity contribution is 7.98. The highest BCUT2D eigenvalue weighted by atomic mass is 32.2. The van der Waals surface area contributed by atoms with Crippen molar-refractivity contribution >= 4 is 29.1 Å². The second-order valence-corrected chi connectivity index (χ2v) is 6.40. The minimum Gasteiger partial charge on any atom is -0.326 e. The first-order valence-electron chi connectivity index (χ1n) is 7.54. The molecule has 1 N–H and O–H groups in total. The molecule has 120 valence electrons. The molecule has 0 aromatic heterocycles. The van der Waals surface area contributed by atoms with E-state index in [4.69, 9.17) is 0 Å². The molecule has 0 radical (unpaired) electrons. The number of nitrogens with one attached hydrogen (secondary N) is 1. The van der Waals surface area contributed by atoms with Gasteiger partial charge in [-0.1, -0.05) is 23.8 Å². The monoisotopic (exact) mass is 327 g/mol. The molecule has 2 aromatic carbocycles. The van der Waals surface area contributed by atoms with Gasteiger partial charge in [-0.25, -0.2) is 0 Å². The number of amides is 1. The van der Waals surface area contributed by atoms with E-state index in [1.54, 1.807) is 11.8 Å². The number of anilines is 1. The maximum Gasteiger partial charge on any atom is 0.224 e. The van der Waals surface area contributed by atoms with Gasteiger partial charge in [0.2, 0.25) is 5.91 Å². The Morgan fingerprint density at radius 1 is 1.04 bits per heavy atom. The number of hydrogen-bond donors (Lipinski definition) is 1. The molecule has 0 saturated carbocycles. The lowest BCUT2D eigenvalue weighted by Crippen LogP contribution is -2.14. The van der Waals surface area contributed by atoms with E-state index in [1.807, 2.05) is 62.6 Å². The maximum atomic E-state index is 12.3. The summed E-state index contributed by atoms with van der Waals surface area (Å²) in [5, 5.41) is 2.84. The number of aryl methyl sites for hydroxylation is 2. The van der Waals surface area contributed by atoms with Crippen LogP contribution in [0.4, 0.5) is 5.69 Å². The van der Waals surface area contributed by atoms with E-state index < -0.39 is 0 Å². The van der Waals surface area contributed by atoms with Gasteiger partial charge in [0.05, 0.1) is 0 Å². The molecule has 4 heteroatoms. The zero-order valence-electron chi connectivity index (χ0n) is 13.7. The maximum absolute atomic E-state index is 12.3. The van der Waals surface area contributed by atoms with Crippen molar-refractivity contribution in [3.63, 3.8) is 0 Å². The molecule has 2 aromatic rings. The van der Waals surface area contributed by atoms with Gasteiger partial charge in [-0.3, -0.25) is 9.59 Å². The van der Waals surface area contributed by atoms with Crippen LogP contribution in [0.15, 0.2) is 47.4 Å². The van der Waals surface area contributed by atoms with E-state index in [1.165, 1.54) is 0 Å². The van der Waals surface area contributed by atoms with Gasteiger partial charge in [0.1, 0.15) is 0 Å². The molecule has 0 unspecified atom stereocenters. The fourth-order valence-corrected chi connectivity index (χ4v) is 2.78. The highest BCUT2D eigenvalue weighted by Gasteiger charge is 2.12. The molecule has 0 aliphatic rings. The summed E-state index contributed by atoms with van der Waals surface area (Å²) in [4.78, 5) is 25.4. The topological polar surface area (TPSA) is 46.2 Å². The summed E-state index contributed by atoms with van der Waals surface area (Å²) in [6.45, 7) is 3.88. The van der Waals surface area contributed by atoms with Crippen LogP contribution in [0, 0.1) is 13.8 Å². The van der Waals surface area contributed by atoms with Crippen molar-refractivity contribution in [2.75, 3.05) is 11.6 Å². The minimum absolute atomic E-state index is 0.0132. The first-order valence-corrected chi connectivity index (χ1v) is 8.76. The SMILES string of the molecule is CSc1cccc(NC(=O)CCC(=O)c2cc(C)ccc2C)c1. The van der Waals surface area contributed by atoms with E-state index in [2.05, 4.69) is 5.32 Å². The lowest BCUT2D eigenvalue weighted by Gasteiger charge is -2.08. The molecule has 0 aliphatic heterocycles. The fraction of sp³-hybridized carbons (Fsp3) is 0.263. The third-order valence-electron chi connectivity index (χ3n) is 3.63. The summed E-state index contributed by atoms with van der Waals surface area (Å²) in [7, 11) is 0. The largest absolute Gasteiger partial charge is 0.326 e.